The molecular formula is C123H76N12S3. The van der Waals surface area contributed by atoms with E-state index in [9.17, 15) is 0 Å². The first-order valence-corrected chi connectivity index (χ1v) is 48.4. The quantitative estimate of drug-likeness (QED) is 0.111. The number of nitrogens with zero attached hydrogens (tertiary/aromatic N) is 12. The van der Waals surface area contributed by atoms with E-state index in [0.29, 0.717) is 52.7 Å². The molecule has 0 aliphatic rings. The molecule has 28 aromatic rings. The van der Waals surface area contributed by atoms with Gasteiger partial charge in [-0.1, -0.05) is 352 Å². The van der Waals surface area contributed by atoms with E-state index in [1.54, 1.807) is 34.0 Å². The summed E-state index contributed by atoms with van der Waals surface area (Å²) in [5.41, 5.74) is 21.4. The van der Waals surface area contributed by atoms with Crippen molar-refractivity contribution in [3.05, 3.63) is 461 Å². The zero-order valence-electron chi connectivity index (χ0n) is 74.0. The summed E-state index contributed by atoms with van der Waals surface area (Å²) in [5, 5.41) is 14.7. The number of thiophene rings is 3. The molecule has 0 saturated carbocycles. The van der Waals surface area contributed by atoms with Crippen molar-refractivity contribution < 1.29 is 0 Å². The molecule has 0 radical (unpaired) electrons. The number of aromatic nitrogens is 12. The Labute approximate surface area is 804 Å². The molecule has 0 fully saturated rings. The Morgan fingerprint density at radius 3 is 0.812 bits per heavy atom. The third-order valence-electron chi connectivity index (χ3n) is 26.0. The van der Waals surface area contributed by atoms with E-state index in [4.69, 9.17) is 44.9 Å². The van der Waals surface area contributed by atoms with Crippen LogP contribution in [0.5, 0.6) is 0 Å². The number of rotatable bonds is 13. The molecule has 28 rings (SSSR count). The molecule has 138 heavy (non-hydrogen) atoms. The van der Waals surface area contributed by atoms with E-state index in [0.717, 1.165) is 82.9 Å². The maximum Gasteiger partial charge on any atom is 0.238 e. The summed E-state index contributed by atoms with van der Waals surface area (Å²) >= 11 is 5.40. The fourth-order valence-corrected chi connectivity index (χ4v) is 22.9. The molecular weight excluding hydrogens is 1740 g/mol. The first kappa shape index (κ1) is 81.1. The van der Waals surface area contributed by atoms with Crippen molar-refractivity contribution in [2.24, 2.45) is 0 Å². The minimum Gasteiger partial charge on any atom is -0.309 e. The van der Waals surface area contributed by atoms with Crippen LogP contribution in [0, 0.1) is 0 Å². The molecule has 646 valence electrons. The molecule has 12 nitrogen and oxygen atoms in total. The molecule has 0 aliphatic carbocycles. The highest BCUT2D eigenvalue weighted by molar-refractivity contribution is 7.26. The maximum atomic E-state index is 5.24. The molecule has 0 amide bonds. The predicted molar refractivity (Wildman–Crippen MR) is 576 cm³/mol. The molecule has 15 heteroatoms. The lowest BCUT2D eigenvalue weighted by molar-refractivity contribution is 0.953. The average Bonchev–Trinajstić information content (AvgIpc) is 1.60. The summed E-state index contributed by atoms with van der Waals surface area (Å²) in [4.78, 5) is 45.8. The summed E-state index contributed by atoms with van der Waals surface area (Å²) in [6.45, 7) is 0. The SMILES string of the molecule is c1ccc(-c2ccc3c(c2)c2cc(-c4ccccc4)ccc2n3-c2nc(-c3ccccc3)nc(-c3ccc4c(c3)sc3ccccc34)n2)cc1.c1ccc(-c2nc(-c3ccc(-n4c5ccccc5c5ccccc54)cc3)nc(-c3ccc4c(c3)sc3ccccc34)n2)cc1.c1ccc(-c2nc(-c3ccc4c(c3)sc3ccccc34)nc(-n3c4ccccc4c4c(-c5ccccc5)cccc43)n2)cc1. The van der Waals surface area contributed by atoms with Gasteiger partial charge in [0.2, 0.25) is 11.9 Å². The Hall–Kier alpha value is -17.7. The largest absolute Gasteiger partial charge is 0.309 e. The molecule has 0 spiro atoms. The van der Waals surface area contributed by atoms with Crippen molar-refractivity contribution in [1.82, 2.24) is 58.6 Å². The Balaban J connectivity index is 0.000000107. The fourth-order valence-electron chi connectivity index (χ4n) is 19.5. The summed E-state index contributed by atoms with van der Waals surface area (Å²) in [7, 11) is 0. The van der Waals surface area contributed by atoms with E-state index in [1.165, 1.54) is 121 Å². The Bertz CT molecular complexity index is 9440. The van der Waals surface area contributed by atoms with Crippen LogP contribution in [-0.2, 0) is 0 Å². The lowest BCUT2D eigenvalue weighted by Crippen LogP contribution is -2.06. The highest BCUT2D eigenvalue weighted by Crippen LogP contribution is 2.45. The smallest absolute Gasteiger partial charge is 0.238 e. The van der Waals surface area contributed by atoms with Gasteiger partial charge in [-0.2, -0.15) is 19.9 Å². The van der Waals surface area contributed by atoms with Crippen LogP contribution < -0.4 is 0 Å². The number of benzene rings is 19. The monoisotopic (exact) mass is 1820 g/mol. The van der Waals surface area contributed by atoms with Gasteiger partial charge in [-0.15, -0.1) is 34.0 Å². The van der Waals surface area contributed by atoms with E-state index < -0.39 is 0 Å². The van der Waals surface area contributed by atoms with Crippen LogP contribution in [0.3, 0.4) is 0 Å². The fraction of sp³-hybridized carbons (Fsp3) is 0. The van der Waals surface area contributed by atoms with Crippen molar-refractivity contribution in [3.8, 4) is 131 Å². The van der Waals surface area contributed by atoms with Gasteiger partial charge >= 0.3 is 0 Å². The van der Waals surface area contributed by atoms with Gasteiger partial charge in [0, 0.05) is 137 Å². The van der Waals surface area contributed by atoms with Crippen molar-refractivity contribution in [1.29, 1.82) is 0 Å². The summed E-state index contributed by atoms with van der Waals surface area (Å²) in [6.07, 6.45) is 0. The Morgan fingerprint density at radius 1 is 0.145 bits per heavy atom. The molecule has 0 atom stereocenters. The Morgan fingerprint density at radius 2 is 0.413 bits per heavy atom. The molecule has 9 aromatic heterocycles. The topological polar surface area (TPSA) is 131 Å². The van der Waals surface area contributed by atoms with E-state index in [2.05, 4.69) is 408 Å². The van der Waals surface area contributed by atoms with Crippen LogP contribution >= 0.6 is 34.0 Å². The molecule has 0 aliphatic heterocycles. The number of hydrogen-bond donors (Lipinski definition) is 0. The second kappa shape index (κ2) is 34.4. The lowest BCUT2D eigenvalue weighted by Gasteiger charge is -2.11. The zero-order chi connectivity index (χ0) is 91.1. The standard InChI is InChI=1S/C45H28N4S.2C39H24N4S/c1-4-12-29(13-5-1)32-21-24-39-37(26-32)38-27-33(30-14-6-2-7-15-30)22-25-40(38)49(39)45-47-43(31-16-8-3-9-17-31)46-44(48-45)34-20-23-36-35-18-10-11-19-41(35)50-42(36)28-34;1-3-12-25(13-4-1)28-18-11-20-33-36(28)31-17-7-9-19-32(31)43(33)39-41-37(26-14-5-2-6-15-26)40-38(42-39)27-22-23-30-29-16-8-10-21-34(29)44-35(30)24-27;1-2-10-25(11-3-1)37-40-38(42-39(41-37)27-20-23-32-31-14-6-9-17-35(31)44-36(32)24-27)26-18-21-28(22-19-26)43-33-15-7-4-12-29(33)30-13-5-8-16-34(30)43/h1-28H;2*1-24H. The van der Waals surface area contributed by atoms with Crippen molar-refractivity contribution in [2.45, 2.75) is 0 Å². The molecule has 0 bridgehead atoms. The minimum absolute atomic E-state index is 0.588. The lowest BCUT2D eigenvalue weighted by atomic mass is 9.99. The van der Waals surface area contributed by atoms with Gasteiger partial charge in [-0.25, -0.2) is 24.9 Å². The zero-order valence-corrected chi connectivity index (χ0v) is 76.4. The third-order valence-corrected chi connectivity index (χ3v) is 29.4. The maximum absolute atomic E-state index is 5.24. The van der Waals surface area contributed by atoms with Gasteiger partial charge in [0.25, 0.3) is 0 Å². The van der Waals surface area contributed by atoms with Gasteiger partial charge in [-0.3, -0.25) is 9.13 Å². The van der Waals surface area contributed by atoms with E-state index >= 15 is 0 Å². The molecule has 0 unspecified atom stereocenters. The van der Waals surface area contributed by atoms with Gasteiger partial charge in [0.1, 0.15) is 0 Å². The predicted octanol–water partition coefficient (Wildman–Crippen LogP) is 32.7. The third kappa shape index (κ3) is 14.6. The Kier molecular flexibility index (Phi) is 20.2. The summed E-state index contributed by atoms with van der Waals surface area (Å²) < 4.78 is 14.2. The van der Waals surface area contributed by atoms with E-state index in [-0.39, 0.29) is 0 Å². The van der Waals surface area contributed by atoms with E-state index in [1.807, 2.05) is 66.7 Å². The van der Waals surface area contributed by atoms with Crippen LogP contribution in [-0.4, -0.2) is 58.6 Å². The van der Waals surface area contributed by atoms with Gasteiger partial charge < -0.3 is 4.57 Å². The van der Waals surface area contributed by atoms with Gasteiger partial charge in [0.15, 0.2) is 40.8 Å². The van der Waals surface area contributed by atoms with Crippen LogP contribution in [0.1, 0.15) is 0 Å². The minimum atomic E-state index is 0.588. The van der Waals surface area contributed by atoms with Crippen molar-refractivity contribution in [3.63, 3.8) is 0 Å². The molecule has 0 saturated heterocycles. The van der Waals surface area contributed by atoms with Crippen LogP contribution in [0.4, 0.5) is 0 Å². The molecule has 19 aromatic carbocycles. The van der Waals surface area contributed by atoms with Crippen molar-refractivity contribution >= 4 is 160 Å². The molecule has 0 N–H and O–H groups in total. The number of fused-ring (bicyclic) bond motifs is 18. The first-order chi connectivity index (χ1) is 68.4. The normalized spacial score (nSPS) is 11.6. The van der Waals surface area contributed by atoms with Crippen molar-refractivity contribution in [2.75, 3.05) is 0 Å². The van der Waals surface area contributed by atoms with Gasteiger partial charge in [-0.05, 0) is 143 Å². The second-order valence-corrected chi connectivity index (χ2v) is 37.5. The van der Waals surface area contributed by atoms with Crippen LogP contribution in [0.25, 0.3) is 257 Å². The first-order valence-electron chi connectivity index (χ1n) is 45.9. The highest BCUT2D eigenvalue weighted by atomic mass is 32.1. The summed E-state index contributed by atoms with van der Waals surface area (Å²) in [6, 6.07) is 162. The second-order valence-electron chi connectivity index (χ2n) is 34.3. The highest BCUT2D eigenvalue weighted by Gasteiger charge is 2.25. The van der Waals surface area contributed by atoms with Gasteiger partial charge in [0.05, 0.1) is 33.1 Å². The average molecular weight is 1820 g/mol. The number of hydrogen-bond acceptors (Lipinski definition) is 12. The van der Waals surface area contributed by atoms with Crippen LogP contribution in [0.15, 0.2) is 461 Å². The summed E-state index contributed by atoms with van der Waals surface area (Å²) in [5.74, 6) is 5.74. The van der Waals surface area contributed by atoms with Crippen LogP contribution in [0.2, 0.25) is 0 Å². The molecule has 9 heterocycles. The number of para-hydroxylation sites is 3.